The van der Waals surface area contributed by atoms with E-state index in [0.717, 1.165) is 11.3 Å². The van der Waals surface area contributed by atoms with E-state index in [-0.39, 0.29) is 11.0 Å². The number of anilines is 1. The molecule has 4 nitrogen and oxygen atoms in total. The summed E-state index contributed by atoms with van der Waals surface area (Å²) in [6.45, 7) is 5.95. The molecule has 0 spiro atoms. The van der Waals surface area contributed by atoms with Crippen molar-refractivity contribution in [3.63, 3.8) is 0 Å². The van der Waals surface area contributed by atoms with Crippen LogP contribution in [0.1, 0.15) is 41.4 Å². The predicted molar refractivity (Wildman–Crippen MR) is 80.3 cm³/mol. The molecule has 104 valence electrons. The number of hydrogen-bond donors (Lipinski definition) is 2. The van der Waals surface area contributed by atoms with Crippen LogP contribution in [0.2, 0.25) is 0 Å². The maximum Gasteiger partial charge on any atom is 0.261 e. The van der Waals surface area contributed by atoms with Crippen LogP contribution in [0.25, 0.3) is 0 Å². The summed E-state index contributed by atoms with van der Waals surface area (Å²) in [6.07, 6.45) is 1.44. The first-order chi connectivity index (χ1) is 9.47. The third kappa shape index (κ3) is 3.15. The van der Waals surface area contributed by atoms with E-state index in [4.69, 9.17) is 0 Å². The molecule has 1 amide bonds. The van der Waals surface area contributed by atoms with E-state index in [1.807, 2.05) is 24.3 Å². The Labute approximate surface area is 117 Å². The Hall–Kier alpha value is -2.36. The van der Waals surface area contributed by atoms with Crippen LogP contribution in [-0.2, 0) is 0 Å². The number of amides is 1. The molecular weight excluding hydrogens is 252 g/mol. The molecule has 0 aliphatic carbocycles. The van der Waals surface area contributed by atoms with E-state index in [9.17, 15) is 9.59 Å². The Kier molecular flexibility index (Phi) is 4.03. The monoisotopic (exact) mass is 270 g/mol. The van der Waals surface area contributed by atoms with Crippen molar-refractivity contribution in [2.45, 2.75) is 26.7 Å². The van der Waals surface area contributed by atoms with Crippen LogP contribution in [-0.4, -0.2) is 10.9 Å². The highest BCUT2D eigenvalue weighted by Crippen LogP contribution is 2.18. The number of nitrogens with one attached hydrogen (secondary N) is 2. The molecule has 20 heavy (non-hydrogen) atoms. The fraction of sp³-hybridized carbons (Fsp3) is 0.250. The molecule has 2 rings (SSSR count). The van der Waals surface area contributed by atoms with Gasteiger partial charge in [-0.1, -0.05) is 26.0 Å². The minimum absolute atomic E-state index is 0.116. The Morgan fingerprint density at radius 2 is 2.00 bits per heavy atom. The summed E-state index contributed by atoms with van der Waals surface area (Å²) >= 11 is 0. The molecule has 0 unspecified atom stereocenters. The van der Waals surface area contributed by atoms with Gasteiger partial charge in [0.25, 0.3) is 5.91 Å². The summed E-state index contributed by atoms with van der Waals surface area (Å²) in [5, 5.41) is 2.75. The molecule has 0 aliphatic heterocycles. The molecule has 0 saturated carbocycles. The maximum absolute atomic E-state index is 12.1. The topological polar surface area (TPSA) is 62.0 Å². The number of aromatic amines is 1. The SMILES string of the molecule is Cc1cc(=O)c(C(=O)Nc2cccc(C(C)C)c2)c[nH]1. The molecule has 1 heterocycles. The second-order valence-corrected chi connectivity index (χ2v) is 5.13. The van der Waals surface area contributed by atoms with Gasteiger partial charge in [-0.2, -0.15) is 0 Å². The smallest absolute Gasteiger partial charge is 0.261 e. The lowest BCUT2D eigenvalue weighted by molar-refractivity contribution is 0.102. The Bertz CT molecular complexity index is 687. The van der Waals surface area contributed by atoms with E-state index >= 15 is 0 Å². The van der Waals surface area contributed by atoms with Gasteiger partial charge in [-0.3, -0.25) is 9.59 Å². The number of aryl methyl sites for hydroxylation is 1. The fourth-order valence-corrected chi connectivity index (χ4v) is 1.92. The second kappa shape index (κ2) is 5.74. The maximum atomic E-state index is 12.1. The lowest BCUT2D eigenvalue weighted by atomic mass is 10.0. The number of carbonyl (C=O) groups excluding carboxylic acids is 1. The highest BCUT2D eigenvalue weighted by atomic mass is 16.2. The van der Waals surface area contributed by atoms with Gasteiger partial charge in [0.15, 0.2) is 5.43 Å². The van der Waals surface area contributed by atoms with Gasteiger partial charge in [0.1, 0.15) is 5.56 Å². The van der Waals surface area contributed by atoms with E-state index < -0.39 is 5.91 Å². The summed E-state index contributed by atoms with van der Waals surface area (Å²) in [6, 6.07) is 9.06. The zero-order chi connectivity index (χ0) is 14.7. The van der Waals surface area contributed by atoms with Gasteiger partial charge in [0.2, 0.25) is 0 Å². The first kappa shape index (κ1) is 14.1. The first-order valence-corrected chi connectivity index (χ1v) is 6.58. The molecule has 1 aromatic carbocycles. The predicted octanol–water partition coefficient (Wildman–Crippen LogP) is 3.06. The lowest BCUT2D eigenvalue weighted by Gasteiger charge is -2.09. The van der Waals surface area contributed by atoms with Crippen molar-refractivity contribution in [2.75, 3.05) is 5.32 Å². The number of hydrogen-bond acceptors (Lipinski definition) is 2. The molecule has 0 bridgehead atoms. The molecular formula is C16H18N2O2. The van der Waals surface area contributed by atoms with Gasteiger partial charge in [-0.05, 0) is 30.5 Å². The van der Waals surface area contributed by atoms with Crippen molar-refractivity contribution in [3.05, 3.63) is 63.6 Å². The fourth-order valence-electron chi connectivity index (χ4n) is 1.92. The molecule has 4 heteroatoms. The van der Waals surface area contributed by atoms with Crippen molar-refractivity contribution in [3.8, 4) is 0 Å². The van der Waals surface area contributed by atoms with Gasteiger partial charge in [-0.15, -0.1) is 0 Å². The van der Waals surface area contributed by atoms with Crippen LogP contribution in [0.15, 0.2) is 41.3 Å². The van der Waals surface area contributed by atoms with Gasteiger partial charge in [0.05, 0.1) is 0 Å². The van der Waals surface area contributed by atoms with E-state index in [2.05, 4.69) is 24.1 Å². The van der Waals surface area contributed by atoms with Gasteiger partial charge >= 0.3 is 0 Å². The molecule has 0 radical (unpaired) electrons. The normalized spacial score (nSPS) is 10.6. The quantitative estimate of drug-likeness (QED) is 0.900. The van der Waals surface area contributed by atoms with Crippen LogP contribution >= 0.6 is 0 Å². The van der Waals surface area contributed by atoms with Crippen LogP contribution in [0, 0.1) is 6.92 Å². The summed E-state index contributed by atoms with van der Waals surface area (Å²) in [4.78, 5) is 26.7. The second-order valence-electron chi connectivity index (χ2n) is 5.13. The first-order valence-electron chi connectivity index (χ1n) is 6.58. The average molecular weight is 270 g/mol. The highest BCUT2D eigenvalue weighted by Gasteiger charge is 2.11. The number of pyridine rings is 1. The van der Waals surface area contributed by atoms with Crippen LogP contribution in [0.4, 0.5) is 5.69 Å². The van der Waals surface area contributed by atoms with Crippen LogP contribution in [0.3, 0.4) is 0 Å². The third-order valence-corrected chi connectivity index (χ3v) is 3.11. The van der Waals surface area contributed by atoms with Gasteiger partial charge in [0, 0.05) is 23.6 Å². The summed E-state index contributed by atoms with van der Waals surface area (Å²) < 4.78 is 0. The zero-order valence-electron chi connectivity index (χ0n) is 11.9. The minimum Gasteiger partial charge on any atom is -0.364 e. The van der Waals surface area contributed by atoms with Crippen LogP contribution < -0.4 is 10.7 Å². The molecule has 0 saturated heterocycles. The zero-order valence-corrected chi connectivity index (χ0v) is 11.9. The van der Waals surface area contributed by atoms with Gasteiger partial charge < -0.3 is 10.3 Å². The third-order valence-electron chi connectivity index (χ3n) is 3.11. The highest BCUT2D eigenvalue weighted by molar-refractivity contribution is 6.04. The molecule has 2 N–H and O–H groups in total. The minimum atomic E-state index is -0.396. The summed E-state index contributed by atoms with van der Waals surface area (Å²) in [5.41, 5.74) is 2.40. The molecule has 1 aromatic heterocycles. The number of aromatic nitrogens is 1. The van der Waals surface area contributed by atoms with Crippen molar-refractivity contribution in [1.29, 1.82) is 0 Å². The Morgan fingerprint density at radius 3 is 2.65 bits per heavy atom. The standard InChI is InChI=1S/C16H18N2O2/c1-10(2)12-5-4-6-13(8-12)18-16(20)14-9-17-11(3)7-15(14)19/h4-10H,1-3H3,(H,17,19)(H,18,20). The van der Waals surface area contributed by atoms with Crippen LogP contribution in [0.5, 0.6) is 0 Å². The molecule has 0 aliphatic rings. The van der Waals surface area contributed by atoms with Crippen molar-refractivity contribution >= 4 is 11.6 Å². The molecule has 2 aromatic rings. The van der Waals surface area contributed by atoms with Crippen molar-refractivity contribution in [2.24, 2.45) is 0 Å². The van der Waals surface area contributed by atoms with E-state index in [0.29, 0.717) is 11.6 Å². The number of carbonyl (C=O) groups is 1. The summed E-state index contributed by atoms with van der Waals surface area (Å²) in [5.74, 6) is -0.0122. The number of rotatable bonds is 3. The van der Waals surface area contributed by atoms with Gasteiger partial charge in [-0.25, -0.2) is 0 Å². The summed E-state index contributed by atoms with van der Waals surface area (Å²) in [7, 11) is 0. The largest absolute Gasteiger partial charge is 0.364 e. The molecule has 0 fully saturated rings. The number of benzene rings is 1. The molecule has 0 atom stereocenters. The van der Waals surface area contributed by atoms with E-state index in [1.54, 1.807) is 6.92 Å². The van der Waals surface area contributed by atoms with Crippen molar-refractivity contribution in [1.82, 2.24) is 4.98 Å². The Morgan fingerprint density at radius 1 is 1.25 bits per heavy atom. The number of H-pyrrole nitrogens is 1. The lowest BCUT2D eigenvalue weighted by Crippen LogP contribution is -2.21. The Balaban J connectivity index is 2.23. The van der Waals surface area contributed by atoms with Crippen molar-refractivity contribution < 1.29 is 4.79 Å². The average Bonchev–Trinajstić information content (AvgIpc) is 2.38. The van der Waals surface area contributed by atoms with E-state index in [1.165, 1.54) is 12.3 Å².